The van der Waals surface area contributed by atoms with Gasteiger partial charge in [0.2, 0.25) is 0 Å². The van der Waals surface area contributed by atoms with Crippen LogP contribution < -0.4 is 11.1 Å². The van der Waals surface area contributed by atoms with Crippen molar-refractivity contribution >= 4 is 17.6 Å². The van der Waals surface area contributed by atoms with Crippen LogP contribution in [0.3, 0.4) is 0 Å². The summed E-state index contributed by atoms with van der Waals surface area (Å²) in [6.45, 7) is 1.54. The Kier molecular flexibility index (Phi) is 1.50. The van der Waals surface area contributed by atoms with Gasteiger partial charge in [-0.15, -0.1) is 0 Å². The molecule has 1 atom stereocenters. The summed E-state index contributed by atoms with van der Waals surface area (Å²) in [4.78, 5) is 24.6. The molecule has 1 aliphatic rings. The van der Waals surface area contributed by atoms with Crippen LogP contribution in [-0.2, 0) is 4.79 Å². The molecular formula is C5H7N3O2. The van der Waals surface area contributed by atoms with E-state index in [1.165, 1.54) is 0 Å². The molecule has 1 unspecified atom stereocenters. The number of hydrogen-bond donors (Lipinski definition) is 2. The van der Waals surface area contributed by atoms with Gasteiger partial charge >= 0.3 is 6.03 Å². The monoisotopic (exact) mass is 141 g/mol. The lowest BCUT2D eigenvalue weighted by atomic mass is 10.2. The minimum atomic E-state index is -0.766. The molecule has 0 aromatic heterocycles. The summed E-state index contributed by atoms with van der Waals surface area (Å²) in [5, 5.41) is 1.97. The van der Waals surface area contributed by atoms with Crippen molar-refractivity contribution in [1.82, 2.24) is 5.32 Å². The van der Waals surface area contributed by atoms with E-state index in [0.717, 1.165) is 0 Å². The third kappa shape index (κ3) is 1.03. The number of hydrogen-bond acceptors (Lipinski definition) is 3. The zero-order valence-electron chi connectivity index (χ0n) is 5.42. The first-order chi connectivity index (χ1) is 4.61. The minimum absolute atomic E-state index is 0.355. The summed E-state index contributed by atoms with van der Waals surface area (Å²) >= 11 is 0. The lowest BCUT2D eigenvalue weighted by molar-refractivity contribution is -0.120. The fraction of sp³-hybridized carbons (Fsp3) is 0.400. The quantitative estimate of drug-likeness (QED) is 0.455. The molecule has 1 aliphatic heterocycles. The van der Waals surface area contributed by atoms with Crippen LogP contribution >= 0.6 is 0 Å². The summed E-state index contributed by atoms with van der Waals surface area (Å²) in [7, 11) is 0. The zero-order chi connectivity index (χ0) is 7.72. The van der Waals surface area contributed by atoms with Gasteiger partial charge < -0.3 is 5.73 Å². The Labute approximate surface area is 57.3 Å². The number of carbonyl (C=O) groups is 2. The highest BCUT2D eigenvalue weighted by atomic mass is 16.2. The number of amides is 3. The molecule has 10 heavy (non-hydrogen) atoms. The highest BCUT2D eigenvalue weighted by Gasteiger charge is 2.23. The standard InChI is InChI=1S/C5H7N3O2/c1-2-3(6)4(9)8-5(10)7-2/h3H,6H2,1H3,(H,8,9,10). The number of imide groups is 1. The van der Waals surface area contributed by atoms with Gasteiger partial charge in [-0.1, -0.05) is 0 Å². The van der Waals surface area contributed by atoms with Gasteiger partial charge in [0.25, 0.3) is 5.91 Å². The molecule has 0 aliphatic carbocycles. The maximum Gasteiger partial charge on any atom is 0.347 e. The third-order valence-electron chi connectivity index (χ3n) is 1.24. The van der Waals surface area contributed by atoms with Crippen LogP contribution in [0.1, 0.15) is 6.92 Å². The lowest BCUT2D eigenvalue weighted by Gasteiger charge is -2.14. The van der Waals surface area contributed by atoms with Crippen LogP contribution in [0.2, 0.25) is 0 Å². The van der Waals surface area contributed by atoms with Crippen LogP contribution in [0.25, 0.3) is 0 Å². The topological polar surface area (TPSA) is 84.5 Å². The summed E-state index contributed by atoms with van der Waals surface area (Å²) in [5.74, 6) is -0.488. The highest BCUT2D eigenvalue weighted by molar-refractivity contribution is 6.18. The predicted molar refractivity (Wildman–Crippen MR) is 34.6 cm³/mol. The Bertz CT molecular complexity index is 221. The van der Waals surface area contributed by atoms with E-state index in [0.29, 0.717) is 5.71 Å². The maximum atomic E-state index is 10.7. The van der Waals surface area contributed by atoms with E-state index in [1.54, 1.807) is 6.92 Å². The van der Waals surface area contributed by atoms with Crippen molar-refractivity contribution in [1.29, 1.82) is 0 Å². The molecule has 3 N–H and O–H groups in total. The van der Waals surface area contributed by atoms with Crippen LogP contribution in [0, 0.1) is 0 Å². The molecule has 5 nitrogen and oxygen atoms in total. The van der Waals surface area contributed by atoms with E-state index >= 15 is 0 Å². The Hall–Kier alpha value is -1.23. The number of nitrogens with two attached hydrogens (primary N) is 1. The Morgan fingerprint density at radius 3 is 2.70 bits per heavy atom. The molecular weight excluding hydrogens is 134 g/mol. The van der Waals surface area contributed by atoms with Crippen LogP contribution in [-0.4, -0.2) is 23.7 Å². The molecule has 54 valence electrons. The molecule has 0 saturated heterocycles. The summed E-state index contributed by atoms with van der Waals surface area (Å²) in [5.41, 5.74) is 5.64. The van der Waals surface area contributed by atoms with Crippen molar-refractivity contribution in [2.24, 2.45) is 10.7 Å². The Balaban J connectivity index is 2.91. The van der Waals surface area contributed by atoms with Crippen LogP contribution in [0.15, 0.2) is 4.99 Å². The van der Waals surface area contributed by atoms with E-state index < -0.39 is 18.0 Å². The molecule has 1 rings (SSSR count). The summed E-state index contributed by atoms with van der Waals surface area (Å²) in [6, 6.07) is -1.40. The number of carbonyl (C=O) groups excluding carboxylic acids is 2. The first-order valence-corrected chi connectivity index (χ1v) is 2.77. The Morgan fingerprint density at radius 2 is 2.20 bits per heavy atom. The minimum Gasteiger partial charge on any atom is -0.315 e. The second-order valence-electron chi connectivity index (χ2n) is 2.03. The number of aliphatic imine (C=N–C) groups is 1. The molecule has 0 bridgehead atoms. The summed E-state index contributed by atoms with van der Waals surface area (Å²) in [6.07, 6.45) is 0. The number of nitrogens with one attached hydrogen (secondary N) is 1. The van der Waals surface area contributed by atoms with Crippen LogP contribution in [0.5, 0.6) is 0 Å². The van der Waals surface area contributed by atoms with Gasteiger partial charge in [0.1, 0.15) is 6.04 Å². The van der Waals surface area contributed by atoms with Gasteiger partial charge in [-0.2, -0.15) is 0 Å². The van der Waals surface area contributed by atoms with Crippen molar-refractivity contribution in [2.45, 2.75) is 13.0 Å². The Morgan fingerprint density at radius 1 is 1.60 bits per heavy atom. The van der Waals surface area contributed by atoms with E-state index in [-0.39, 0.29) is 0 Å². The predicted octanol–water partition coefficient (Wildman–Crippen LogP) is -0.976. The van der Waals surface area contributed by atoms with Gasteiger partial charge in [0.05, 0.1) is 0 Å². The second kappa shape index (κ2) is 2.18. The number of urea groups is 1. The molecule has 0 spiro atoms. The van der Waals surface area contributed by atoms with Crippen LogP contribution in [0.4, 0.5) is 4.79 Å². The molecule has 0 fully saturated rings. The van der Waals surface area contributed by atoms with Gasteiger partial charge in [0.15, 0.2) is 0 Å². The van der Waals surface area contributed by atoms with Gasteiger partial charge in [-0.05, 0) is 6.92 Å². The van der Waals surface area contributed by atoms with Crippen molar-refractivity contribution in [3.05, 3.63) is 0 Å². The molecule has 0 aromatic carbocycles. The molecule has 3 amide bonds. The summed E-state index contributed by atoms with van der Waals surface area (Å²) < 4.78 is 0. The van der Waals surface area contributed by atoms with E-state index in [1.807, 2.05) is 5.32 Å². The first kappa shape index (κ1) is 6.88. The smallest absolute Gasteiger partial charge is 0.315 e. The van der Waals surface area contributed by atoms with Crippen molar-refractivity contribution in [2.75, 3.05) is 0 Å². The van der Waals surface area contributed by atoms with E-state index in [4.69, 9.17) is 5.73 Å². The molecule has 0 radical (unpaired) electrons. The normalized spacial score (nSPS) is 25.8. The number of rotatable bonds is 0. The molecule has 0 aromatic rings. The highest BCUT2D eigenvalue weighted by Crippen LogP contribution is 1.93. The average Bonchev–Trinajstić information content (AvgIpc) is 1.82. The molecule has 0 saturated carbocycles. The fourth-order valence-electron chi connectivity index (χ4n) is 0.631. The zero-order valence-corrected chi connectivity index (χ0v) is 5.42. The molecule has 1 heterocycles. The van der Waals surface area contributed by atoms with Crippen molar-refractivity contribution < 1.29 is 9.59 Å². The first-order valence-electron chi connectivity index (χ1n) is 2.77. The lowest BCUT2D eigenvalue weighted by Crippen LogP contribution is -2.50. The third-order valence-corrected chi connectivity index (χ3v) is 1.24. The van der Waals surface area contributed by atoms with Crippen molar-refractivity contribution in [3.63, 3.8) is 0 Å². The van der Waals surface area contributed by atoms with E-state index in [9.17, 15) is 9.59 Å². The van der Waals surface area contributed by atoms with Gasteiger partial charge in [0, 0.05) is 5.71 Å². The fourth-order valence-corrected chi connectivity index (χ4v) is 0.631. The maximum absolute atomic E-state index is 10.7. The molecule has 5 heteroatoms. The largest absolute Gasteiger partial charge is 0.347 e. The number of nitrogens with zero attached hydrogens (tertiary/aromatic N) is 1. The second-order valence-corrected chi connectivity index (χ2v) is 2.03. The van der Waals surface area contributed by atoms with Crippen molar-refractivity contribution in [3.8, 4) is 0 Å². The van der Waals surface area contributed by atoms with Gasteiger partial charge in [-0.25, -0.2) is 9.79 Å². The van der Waals surface area contributed by atoms with Gasteiger partial charge in [-0.3, -0.25) is 10.1 Å². The van der Waals surface area contributed by atoms with E-state index in [2.05, 4.69) is 4.99 Å². The average molecular weight is 141 g/mol. The SMILES string of the molecule is CC1=NC(=O)NC(=O)C1N.